The van der Waals surface area contributed by atoms with Crippen LogP contribution >= 0.6 is 0 Å². The van der Waals surface area contributed by atoms with E-state index >= 15 is 0 Å². The highest BCUT2D eigenvalue weighted by molar-refractivity contribution is 5.86. The molecule has 5 heteroatoms. The summed E-state index contributed by atoms with van der Waals surface area (Å²) in [6.45, 7) is 2.05. The van der Waals surface area contributed by atoms with E-state index < -0.39 is 0 Å². The van der Waals surface area contributed by atoms with E-state index in [0.29, 0.717) is 5.89 Å². The largest absolute Gasteiger partial charge is 0.365 e. The smallest absolute Gasteiger partial charge is 0.261 e. The minimum Gasteiger partial charge on any atom is -0.365 e. The molecule has 2 heterocycles. The van der Waals surface area contributed by atoms with Gasteiger partial charge in [-0.05, 0) is 35.8 Å². The third-order valence-electron chi connectivity index (χ3n) is 2.58. The maximum atomic E-state index is 5.42. The number of nitrogens with zero attached hydrogens (tertiary/aromatic N) is 2. The Hall–Kier alpha value is -2.30. The van der Waals surface area contributed by atoms with Crippen LogP contribution in [0.5, 0.6) is 0 Å². The van der Waals surface area contributed by atoms with E-state index in [1.807, 2.05) is 31.3 Å². The molecule has 2 aromatic heterocycles. The van der Waals surface area contributed by atoms with Gasteiger partial charge >= 0.3 is 0 Å². The summed E-state index contributed by atoms with van der Waals surface area (Å²) in [6, 6.07) is 5.91. The molecule has 0 saturated carbocycles. The lowest BCUT2D eigenvalue weighted by molar-refractivity contribution is 0.433. The van der Waals surface area contributed by atoms with Crippen molar-refractivity contribution in [2.75, 3.05) is 5.73 Å². The van der Waals surface area contributed by atoms with Crippen molar-refractivity contribution >= 4 is 16.9 Å². The lowest BCUT2D eigenvalue weighted by Crippen LogP contribution is -1.85. The van der Waals surface area contributed by atoms with E-state index in [1.165, 1.54) is 5.56 Å². The Morgan fingerprint density at radius 2 is 2.25 bits per heavy atom. The number of nitrogens with one attached hydrogen (secondary N) is 1. The standard InChI is InChI=1S/C11H10N4O/c1-6-5-13-9-3-2-7(4-8(6)9)10-14-11(12)15-16-10/h2-5,13H,1H3,(H2,12,15). The molecule has 0 amide bonds. The summed E-state index contributed by atoms with van der Waals surface area (Å²) in [5.74, 6) is 0.598. The van der Waals surface area contributed by atoms with Gasteiger partial charge in [-0.1, -0.05) is 0 Å². The van der Waals surface area contributed by atoms with Crippen molar-refractivity contribution in [3.05, 3.63) is 30.0 Å². The van der Waals surface area contributed by atoms with E-state index in [1.54, 1.807) is 0 Å². The molecule has 0 aliphatic heterocycles. The normalized spacial score (nSPS) is 11.1. The van der Waals surface area contributed by atoms with Gasteiger partial charge in [0.25, 0.3) is 11.8 Å². The molecule has 5 nitrogen and oxygen atoms in total. The predicted molar refractivity (Wildman–Crippen MR) is 60.7 cm³/mol. The van der Waals surface area contributed by atoms with Gasteiger partial charge < -0.3 is 15.2 Å². The first-order valence-electron chi connectivity index (χ1n) is 4.91. The molecule has 0 radical (unpaired) electrons. The number of hydrogen-bond acceptors (Lipinski definition) is 4. The monoisotopic (exact) mass is 214 g/mol. The van der Waals surface area contributed by atoms with Crippen LogP contribution in [0.15, 0.2) is 28.9 Å². The van der Waals surface area contributed by atoms with Crippen molar-refractivity contribution in [2.24, 2.45) is 0 Å². The van der Waals surface area contributed by atoms with E-state index in [4.69, 9.17) is 10.3 Å². The number of aryl methyl sites for hydroxylation is 1. The molecule has 0 saturated heterocycles. The summed E-state index contributed by atoms with van der Waals surface area (Å²) in [4.78, 5) is 7.17. The average molecular weight is 214 g/mol. The molecular formula is C11H10N4O. The molecule has 80 valence electrons. The van der Waals surface area contributed by atoms with Crippen LogP contribution in [0.2, 0.25) is 0 Å². The topological polar surface area (TPSA) is 80.7 Å². The number of nitrogens with two attached hydrogens (primary N) is 1. The molecule has 0 fully saturated rings. The summed E-state index contributed by atoms with van der Waals surface area (Å²) in [5.41, 5.74) is 8.57. The van der Waals surface area contributed by atoms with Crippen LogP contribution in [-0.4, -0.2) is 15.1 Å². The molecular weight excluding hydrogens is 204 g/mol. The first-order chi connectivity index (χ1) is 7.74. The molecule has 0 bridgehead atoms. The first kappa shape index (κ1) is 8.96. The maximum Gasteiger partial charge on any atom is 0.261 e. The fourth-order valence-electron chi connectivity index (χ4n) is 1.75. The summed E-state index contributed by atoms with van der Waals surface area (Å²) < 4.78 is 5.02. The van der Waals surface area contributed by atoms with E-state index in [-0.39, 0.29) is 5.95 Å². The minimum atomic E-state index is 0.154. The van der Waals surface area contributed by atoms with Gasteiger partial charge in [0.2, 0.25) is 0 Å². The Morgan fingerprint density at radius 3 is 3.00 bits per heavy atom. The van der Waals surface area contributed by atoms with Crippen LogP contribution in [0, 0.1) is 6.92 Å². The Bertz CT molecular complexity index is 653. The number of benzene rings is 1. The van der Waals surface area contributed by atoms with E-state index in [0.717, 1.165) is 16.5 Å². The molecule has 0 spiro atoms. The summed E-state index contributed by atoms with van der Waals surface area (Å²) in [6.07, 6.45) is 1.97. The highest BCUT2D eigenvalue weighted by Crippen LogP contribution is 2.25. The van der Waals surface area contributed by atoms with Crippen molar-refractivity contribution < 1.29 is 4.52 Å². The third-order valence-corrected chi connectivity index (χ3v) is 2.58. The van der Waals surface area contributed by atoms with Gasteiger partial charge in [0.15, 0.2) is 0 Å². The number of aromatic nitrogens is 3. The lowest BCUT2D eigenvalue weighted by atomic mass is 10.1. The number of nitrogen functional groups attached to an aromatic ring is 1. The first-order valence-corrected chi connectivity index (χ1v) is 4.91. The molecule has 1 aromatic carbocycles. The molecule has 0 aliphatic rings. The van der Waals surface area contributed by atoms with Crippen LogP contribution < -0.4 is 5.73 Å². The van der Waals surface area contributed by atoms with Crippen LogP contribution in [0.4, 0.5) is 5.95 Å². The Balaban J connectivity index is 2.21. The number of aromatic amines is 1. The fraction of sp³-hybridized carbons (Fsp3) is 0.0909. The molecule has 16 heavy (non-hydrogen) atoms. The van der Waals surface area contributed by atoms with Crippen molar-refractivity contribution in [3.8, 4) is 11.5 Å². The van der Waals surface area contributed by atoms with Crippen LogP contribution in [0.3, 0.4) is 0 Å². The number of H-pyrrole nitrogens is 1. The molecule has 3 N–H and O–H groups in total. The number of rotatable bonds is 1. The average Bonchev–Trinajstić information content (AvgIpc) is 2.86. The second-order valence-corrected chi connectivity index (χ2v) is 3.69. The predicted octanol–water partition coefficient (Wildman–Crippen LogP) is 2.11. The fourth-order valence-corrected chi connectivity index (χ4v) is 1.75. The minimum absolute atomic E-state index is 0.154. The van der Waals surface area contributed by atoms with E-state index in [2.05, 4.69) is 15.1 Å². The number of anilines is 1. The van der Waals surface area contributed by atoms with E-state index in [9.17, 15) is 0 Å². The summed E-state index contributed by atoms with van der Waals surface area (Å²) in [5, 5.41) is 4.71. The molecule has 3 rings (SSSR count). The molecule has 0 unspecified atom stereocenters. The van der Waals surface area contributed by atoms with Crippen LogP contribution in [0.25, 0.3) is 22.4 Å². The Morgan fingerprint density at radius 1 is 1.38 bits per heavy atom. The van der Waals surface area contributed by atoms with Gasteiger partial charge in [-0.15, -0.1) is 0 Å². The SMILES string of the molecule is Cc1c[nH]c2ccc(-c3nc(N)no3)cc12. The van der Waals surface area contributed by atoms with Crippen molar-refractivity contribution in [1.29, 1.82) is 0 Å². The highest BCUT2D eigenvalue weighted by atomic mass is 16.5. The van der Waals surface area contributed by atoms with Crippen LogP contribution in [0.1, 0.15) is 5.56 Å². The second-order valence-electron chi connectivity index (χ2n) is 3.69. The molecule has 3 aromatic rings. The van der Waals surface area contributed by atoms with Gasteiger partial charge in [-0.2, -0.15) is 4.98 Å². The third kappa shape index (κ3) is 1.25. The zero-order valence-corrected chi connectivity index (χ0v) is 8.69. The van der Waals surface area contributed by atoms with Crippen molar-refractivity contribution in [2.45, 2.75) is 6.92 Å². The molecule has 0 aliphatic carbocycles. The summed E-state index contributed by atoms with van der Waals surface area (Å²) >= 11 is 0. The Labute approximate surface area is 91.3 Å². The zero-order valence-electron chi connectivity index (χ0n) is 8.69. The second kappa shape index (κ2) is 3.10. The number of fused-ring (bicyclic) bond motifs is 1. The van der Waals surface area contributed by atoms with Gasteiger partial charge in [0.05, 0.1) is 0 Å². The van der Waals surface area contributed by atoms with Gasteiger partial charge in [-0.25, -0.2) is 0 Å². The quantitative estimate of drug-likeness (QED) is 0.650. The van der Waals surface area contributed by atoms with Crippen LogP contribution in [-0.2, 0) is 0 Å². The van der Waals surface area contributed by atoms with Gasteiger partial charge in [0.1, 0.15) is 0 Å². The number of hydrogen-bond donors (Lipinski definition) is 2. The van der Waals surface area contributed by atoms with Gasteiger partial charge in [-0.3, -0.25) is 0 Å². The highest BCUT2D eigenvalue weighted by Gasteiger charge is 2.08. The zero-order chi connectivity index (χ0) is 11.1. The summed E-state index contributed by atoms with van der Waals surface area (Å²) in [7, 11) is 0. The van der Waals surface area contributed by atoms with Crippen molar-refractivity contribution in [3.63, 3.8) is 0 Å². The van der Waals surface area contributed by atoms with Gasteiger partial charge in [0, 0.05) is 22.7 Å². The Kier molecular flexibility index (Phi) is 1.73. The maximum absolute atomic E-state index is 5.42. The van der Waals surface area contributed by atoms with Crippen molar-refractivity contribution in [1.82, 2.24) is 15.1 Å². The lowest BCUT2D eigenvalue weighted by Gasteiger charge is -1.95. The molecule has 0 atom stereocenters.